The number of thiophene rings is 1. The van der Waals surface area contributed by atoms with Gasteiger partial charge in [-0.25, -0.2) is 0 Å². The second kappa shape index (κ2) is 9.19. The number of hydrogen-bond donors (Lipinski definition) is 3. The van der Waals surface area contributed by atoms with Crippen LogP contribution in [0.15, 0.2) is 77.1 Å². The first kappa shape index (κ1) is 20.3. The summed E-state index contributed by atoms with van der Waals surface area (Å²) in [5, 5.41) is 8.73. The van der Waals surface area contributed by atoms with Gasteiger partial charge in [-0.05, 0) is 53.6 Å². The summed E-state index contributed by atoms with van der Waals surface area (Å²) < 4.78 is 0. The van der Waals surface area contributed by atoms with Crippen LogP contribution in [-0.4, -0.2) is 29.1 Å². The maximum absolute atomic E-state index is 13.1. The predicted octanol–water partition coefficient (Wildman–Crippen LogP) is 4.93. The Balaban J connectivity index is 1.56. The number of aromatic nitrogens is 1. The van der Waals surface area contributed by atoms with Crippen molar-refractivity contribution in [3.63, 3.8) is 0 Å². The minimum Gasteiger partial charge on any atom is -0.361 e. The fourth-order valence-electron chi connectivity index (χ4n) is 3.27. The fraction of sp³-hybridized carbons (Fsp3) is 0.130. The van der Waals surface area contributed by atoms with E-state index in [9.17, 15) is 9.59 Å². The number of hydrogen-bond acceptors (Lipinski definition) is 4. The molecule has 3 N–H and O–H groups in total. The van der Waals surface area contributed by atoms with Crippen LogP contribution in [0.3, 0.4) is 0 Å². The Morgan fingerprint density at radius 2 is 1.87 bits per heavy atom. The molecule has 0 bridgehead atoms. The molecule has 0 aliphatic carbocycles. The van der Waals surface area contributed by atoms with E-state index < -0.39 is 6.04 Å². The molecule has 7 heteroatoms. The Hall–Kier alpha value is -3.03. The molecule has 0 radical (unpaired) electrons. The molecule has 0 saturated heterocycles. The molecule has 5 nitrogen and oxygen atoms in total. The number of carbonyl (C=O) groups excluding carboxylic acids is 2. The number of rotatable bonds is 7. The SMILES string of the molecule is CSc1ccc(NC(=O)[C@H](Cc2c[nH]c3ccccc23)NC(=O)c2cccs2)cc1. The summed E-state index contributed by atoms with van der Waals surface area (Å²) in [6.45, 7) is 0. The zero-order chi connectivity index (χ0) is 20.9. The van der Waals surface area contributed by atoms with Crippen LogP contribution in [0, 0.1) is 0 Å². The smallest absolute Gasteiger partial charge is 0.262 e. The van der Waals surface area contributed by atoms with Gasteiger partial charge in [0, 0.05) is 34.1 Å². The summed E-state index contributed by atoms with van der Waals surface area (Å²) in [5.74, 6) is -0.496. The molecule has 4 aromatic rings. The summed E-state index contributed by atoms with van der Waals surface area (Å²) in [4.78, 5) is 30.7. The Kier molecular flexibility index (Phi) is 6.21. The predicted molar refractivity (Wildman–Crippen MR) is 124 cm³/mol. The summed E-state index contributed by atoms with van der Waals surface area (Å²) in [7, 11) is 0. The van der Waals surface area contributed by atoms with Crippen molar-refractivity contribution in [3.8, 4) is 0 Å². The highest BCUT2D eigenvalue weighted by Gasteiger charge is 2.23. The highest BCUT2D eigenvalue weighted by atomic mass is 32.2. The first-order valence-electron chi connectivity index (χ1n) is 9.48. The number of aromatic amines is 1. The van der Waals surface area contributed by atoms with Crippen LogP contribution in [0.2, 0.25) is 0 Å². The molecular formula is C23H21N3O2S2. The summed E-state index contributed by atoms with van der Waals surface area (Å²) >= 11 is 2.99. The Morgan fingerprint density at radius 3 is 2.60 bits per heavy atom. The van der Waals surface area contributed by atoms with E-state index in [1.54, 1.807) is 17.8 Å². The van der Waals surface area contributed by atoms with Gasteiger partial charge in [0.2, 0.25) is 5.91 Å². The van der Waals surface area contributed by atoms with Crippen molar-refractivity contribution in [1.29, 1.82) is 0 Å². The average molecular weight is 436 g/mol. The third kappa shape index (κ3) is 4.58. The third-order valence-electron chi connectivity index (χ3n) is 4.82. The van der Waals surface area contributed by atoms with Gasteiger partial charge in [0.25, 0.3) is 5.91 Å². The lowest BCUT2D eigenvalue weighted by Gasteiger charge is -2.18. The average Bonchev–Trinajstić information content (AvgIpc) is 3.44. The van der Waals surface area contributed by atoms with Crippen LogP contribution >= 0.6 is 23.1 Å². The second-order valence-electron chi connectivity index (χ2n) is 6.78. The van der Waals surface area contributed by atoms with Gasteiger partial charge in [-0.15, -0.1) is 23.1 Å². The zero-order valence-corrected chi connectivity index (χ0v) is 18.0. The standard InChI is InChI=1S/C23H21N3O2S2/c1-29-17-10-8-16(9-11-17)25-22(27)20(26-23(28)21-7-4-12-30-21)13-15-14-24-19-6-3-2-5-18(15)19/h2-12,14,20,24H,13H2,1H3,(H,25,27)(H,26,28)/t20-/m0/s1. The van der Waals surface area contributed by atoms with Crippen molar-refractivity contribution >= 4 is 51.5 Å². The second-order valence-corrected chi connectivity index (χ2v) is 8.61. The lowest BCUT2D eigenvalue weighted by Crippen LogP contribution is -2.45. The van der Waals surface area contributed by atoms with Gasteiger partial charge < -0.3 is 15.6 Å². The van der Waals surface area contributed by atoms with Crippen LogP contribution in [0.1, 0.15) is 15.2 Å². The number of fused-ring (bicyclic) bond motifs is 1. The molecule has 2 heterocycles. The number of amides is 2. The quantitative estimate of drug-likeness (QED) is 0.360. The maximum atomic E-state index is 13.1. The van der Waals surface area contributed by atoms with E-state index in [0.29, 0.717) is 17.0 Å². The minimum absolute atomic E-state index is 0.247. The number of H-pyrrole nitrogens is 1. The summed E-state index contributed by atoms with van der Waals surface area (Å²) in [6, 6.07) is 18.4. The molecule has 1 atom stereocenters. The van der Waals surface area contributed by atoms with Crippen molar-refractivity contribution in [2.24, 2.45) is 0 Å². The molecule has 30 heavy (non-hydrogen) atoms. The molecule has 4 rings (SSSR count). The van der Waals surface area contributed by atoms with E-state index in [-0.39, 0.29) is 11.8 Å². The van der Waals surface area contributed by atoms with Crippen molar-refractivity contribution < 1.29 is 9.59 Å². The number of carbonyl (C=O) groups is 2. The van der Waals surface area contributed by atoms with Crippen LogP contribution in [0.4, 0.5) is 5.69 Å². The van der Waals surface area contributed by atoms with Crippen LogP contribution < -0.4 is 10.6 Å². The molecule has 0 fully saturated rings. The molecule has 2 aromatic carbocycles. The molecule has 0 aliphatic rings. The topological polar surface area (TPSA) is 74.0 Å². The van der Waals surface area contributed by atoms with Gasteiger partial charge in [0.1, 0.15) is 6.04 Å². The Bertz CT molecular complexity index is 1150. The van der Waals surface area contributed by atoms with Crippen LogP contribution in [-0.2, 0) is 11.2 Å². The first-order chi connectivity index (χ1) is 14.6. The van der Waals surface area contributed by atoms with Crippen LogP contribution in [0.25, 0.3) is 10.9 Å². The number of benzene rings is 2. The monoisotopic (exact) mass is 435 g/mol. The van der Waals surface area contributed by atoms with E-state index in [1.807, 2.05) is 72.4 Å². The molecule has 152 valence electrons. The number of nitrogens with one attached hydrogen (secondary N) is 3. The number of para-hydroxylation sites is 1. The fourth-order valence-corrected chi connectivity index (χ4v) is 4.31. The van der Waals surface area contributed by atoms with Crippen molar-refractivity contribution in [2.75, 3.05) is 11.6 Å². The minimum atomic E-state index is -0.709. The molecule has 0 aliphatic heterocycles. The Morgan fingerprint density at radius 1 is 1.07 bits per heavy atom. The largest absolute Gasteiger partial charge is 0.361 e. The normalized spacial score (nSPS) is 11.9. The highest BCUT2D eigenvalue weighted by molar-refractivity contribution is 7.98. The molecule has 0 spiro atoms. The number of thioether (sulfide) groups is 1. The summed E-state index contributed by atoms with van der Waals surface area (Å²) in [6.07, 6.45) is 4.29. The van der Waals surface area contributed by atoms with E-state index in [2.05, 4.69) is 15.6 Å². The van der Waals surface area contributed by atoms with Gasteiger partial charge in [-0.3, -0.25) is 9.59 Å². The van der Waals surface area contributed by atoms with E-state index in [4.69, 9.17) is 0 Å². The lowest BCUT2D eigenvalue weighted by molar-refractivity contribution is -0.118. The van der Waals surface area contributed by atoms with E-state index in [1.165, 1.54) is 11.3 Å². The molecular weight excluding hydrogens is 414 g/mol. The summed E-state index contributed by atoms with van der Waals surface area (Å²) in [5.41, 5.74) is 2.69. The van der Waals surface area contributed by atoms with Crippen LogP contribution in [0.5, 0.6) is 0 Å². The van der Waals surface area contributed by atoms with Gasteiger partial charge in [0.05, 0.1) is 4.88 Å². The molecule has 0 unspecified atom stereocenters. The highest BCUT2D eigenvalue weighted by Crippen LogP contribution is 2.21. The van der Waals surface area contributed by atoms with Gasteiger partial charge in [-0.2, -0.15) is 0 Å². The van der Waals surface area contributed by atoms with Crippen molar-refractivity contribution in [1.82, 2.24) is 10.3 Å². The maximum Gasteiger partial charge on any atom is 0.262 e. The van der Waals surface area contributed by atoms with Gasteiger partial charge in [-0.1, -0.05) is 24.3 Å². The van der Waals surface area contributed by atoms with Crippen molar-refractivity contribution in [2.45, 2.75) is 17.4 Å². The molecule has 0 saturated carbocycles. The van der Waals surface area contributed by atoms with Gasteiger partial charge >= 0.3 is 0 Å². The third-order valence-corrected chi connectivity index (χ3v) is 6.44. The lowest BCUT2D eigenvalue weighted by atomic mass is 10.0. The Labute approximate surface area is 182 Å². The number of anilines is 1. The molecule has 2 amide bonds. The first-order valence-corrected chi connectivity index (χ1v) is 11.6. The van der Waals surface area contributed by atoms with E-state index >= 15 is 0 Å². The molecule has 2 aromatic heterocycles. The zero-order valence-electron chi connectivity index (χ0n) is 16.3. The van der Waals surface area contributed by atoms with E-state index in [0.717, 1.165) is 21.4 Å². The van der Waals surface area contributed by atoms with Gasteiger partial charge in [0.15, 0.2) is 0 Å². The van der Waals surface area contributed by atoms with Crippen molar-refractivity contribution in [3.05, 3.63) is 82.7 Å².